The average molecular weight is 560 g/mol. The second-order valence-electron chi connectivity index (χ2n) is 8.46. The third-order valence-electron chi connectivity index (χ3n) is 6.00. The summed E-state index contributed by atoms with van der Waals surface area (Å²) in [5, 5.41) is 2.43. The van der Waals surface area contributed by atoms with Gasteiger partial charge in [-0.2, -0.15) is 0 Å². The number of benzene rings is 3. The molecule has 194 valence electrons. The Hall–Kier alpha value is -3.95. The number of ether oxygens (including phenoxy) is 1. The van der Waals surface area contributed by atoms with Crippen molar-refractivity contribution in [3.63, 3.8) is 0 Å². The number of carbonyl (C=O) groups excluding carboxylic acids is 2. The molecule has 38 heavy (non-hydrogen) atoms. The normalized spacial score (nSPS) is 12.8. The van der Waals surface area contributed by atoms with Crippen LogP contribution in [0.5, 0.6) is 5.75 Å². The highest BCUT2D eigenvalue weighted by molar-refractivity contribution is 6.38. The van der Waals surface area contributed by atoms with Gasteiger partial charge in [0.25, 0.3) is 11.8 Å². The monoisotopic (exact) mass is 559 g/mol. The van der Waals surface area contributed by atoms with Crippen molar-refractivity contribution in [3.8, 4) is 5.75 Å². The first kappa shape index (κ1) is 25.7. The molecule has 11 heteroatoms. The van der Waals surface area contributed by atoms with Gasteiger partial charge in [0, 0.05) is 24.1 Å². The molecule has 1 aromatic heterocycles. The maximum absolute atomic E-state index is 13.7. The van der Waals surface area contributed by atoms with Crippen LogP contribution in [0.25, 0.3) is 0 Å². The van der Waals surface area contributed by atoms with Gasteiger partial charge in [0.15, 0.2) is 0 Å². The first-order valence-electron chi connectivity index (χ1n) is 11.3. The number of hydrogen-bond acceptors (Lipinski definition) is 3. The molecule has 1 N–H and O–H groups in total. The fraction of sp³-hybridized carbons (Fsp3) is 0.111. The highest BCUT2D eigenvalue weighted by atomic mass is 35.5. The summed E-state index contributed by atoms with van der Waals surface area (Å²) in [7, 11) is 0. The number of nitrogens with zero attached hydrogens (tertiary/aromatic N) is 2. The Bertz CT molecular complexity index is 1550. The van der Waals surface area contributed by atoms with Crippen LogP contribution in [0.2, 0.25) is 10.0 Å². The van der Waals surface area contributed by atoms with Crippen molar-refractivity contribution in [2.75, 3.05) is 10.2 Å². The zero-order valence-electron chi connectivity index (χ0n) is 19.4. The molecule has 5 rings (SSSR count). The van der Waals surface area contributed by atoms with Crippen LogP contribution in [-0.4, -0.2) is 22.7 Å². The number of para-hydroxylation sites is 2. The summed E-state index contributed by atoms with van der Waals surface area (Å²) in [6.45, 7) is 0.895. The zero-order valence-corrected chi connectivity index (χ0v) is 20.9. The van der Waals surface area contributed by atoms with E-state index in [-0.39, 0.29) is 26.9 Å². The minimum Gasteiger partial charge on any atom is -0.405 e. The summed E-state index contributed by atoms with van der Waals surface area (Å²) in [6, 6.07) is 18.9. The van der Waals surface area contributed by atoms with Crippen molar-refractivity contribution in [1.29, 1.82) is 0 Å². The first-order chi connectivity index (χ1) is 18.1. The fourth-order valence-electron chi connectivity index (χ4n) is 4.28. The molecule has 0 unspecified atom stereocenters. The van der Waals surface area contributed by atoms with Gasteiger partial charge in [-0.1, -0.05) is 53.5 Å². The van der Waals surface area contributed by atoms with E-state index in [1.807, 2.05) is 42.6 Å². The third-order valence-corrected chi connectivity index (χ3v) is 6.63. The molecule has 0 fully saturated rings. The van der Waals surface area contributed by atoms with Crippen molar-refractivity contribution in [1.82, 2.24) is 4.57 Å². The van der Waals surface area contributed by atoms with E-state index in [2.05, 4.69) is 14.6 Å². The zero-order chi connectivity index (χ0) is 27.0. The van der Waals surface area contributed by atoms with E-state index >= 15 is 0 Å². The smallest absolute Gasteiger partial charge is 0.405 e. The van der Waals surface area contributed by atoms with Gasteiger partial charge in [0.1, 0.15) is 5.75 Å². The summed E-state index contributed by atoms with van der Waals surface area (Å²) in [5.74, 6) is -1.97. The van der Waals surface area contributed by atoms with Crippen molar-refractivity contribution in [2.45, 2.75) is 19.5 Å². The summed E-state index contributed by atoms with van der Waals surface area (Å²) >= 11 is 12.9. The Labute approximate surface area is 225 Å². The molecule has 0 saturated heterocycles. The Kier molecular flexibility index (Phi) is 6.81. The fourth-order valence-corrected chi connectivity index (χ4v) is 4.73. The van der Waals surface area contributed by atoms with Crippen molar-refractivity contribution < 1.29 is 27.5 Å². The maximum Gasteiger partial charge on any atom is 0.573 e. The maximum atomic E-state index is 13.7. The van der Waals surface area contributed by atoms with Gasteiger partial charge in [-0.15, -0.1) is 13.2 Å². The number of amides is 2. The molecular weight excluding hydrogens is 542 g/mol. The molecule has 1 aliphatic heterocycles. The van der Waals surface area contributed by atoms with Crippen LogP contribution in [0.15, 0.2) is 79.0 Å². The predicted octanol–water partition coefficient (Wildman–Crippen LogP) is 7.15. The van der Waals surface area contributed by atoms with E-state index in [4.69, 9.17) is 23.2 Å². The molecule has 4 aromatic rings. The van der Waals surface area contributed by atoms with Crippen LogP contribution in [0.1, 0.15) is 32.0 Å². The lowest BCUT2D eigenvalue weighted by molar-refractivity contribution is -0.274. The molecule has 2 amide bonds. The molecule has 2 heterocycles. The van der Waals surface area contributed by atoms with Crippen molar-refractivity contribution >= 4 is 46.4 Å². The quantitative estimate of drug-likeness (QED) is 0.288. The Morgan fingerprint density at radius 3 is 2.39 bits per heavy atom. The molecular formula is C27H18Cl2F3N3O3. The summed E-state index contributed by atoms with van der Waals surface area (Å²) in [5.41, 5.74) is 2.37. The number of nitrogens with one attached hydrogen (secondary N) is 1. The molecule has 3 aromatic carbocycles. The van der Waals surface area contributed by atoms with E-state index in [0.29, 0.717) is 13.1 Å². The van der Waals surface area contributed by atoms with Gasteiger partial charge in [-0.3, -0.25) is 9.59 Å². The standard InChI is InChI=1S/C27H18Cl2F3N3O3/c28-20-13-22(33-25(36)18-8-2-4-10-24(18)38-27(30,31)32)21(29)12-19(20)26(37)35-15-17-7-5-11-34(17)14-16-6-1-3-9-23(16)35/h1-13H,14-15H2,(H,33,36). The topological polar surface area (TPSA) is 63.6 Å². The molecule has 0 spiro atoms. The molecule has 0 saturated carbocycles. The third kappa shape index (κ3) is 5.20. The SMILES string of the molecule is O=C(Nc1cc(Cl)c(C(=O)N2Cc3cccn3Cc3ccccc32)cc1Cl)c1ccccc1OC(F)(F)F. The van der Waals surface area contributed by atoms with Crippen LogP contribution in [0.3, 0.4) is 0 Å². The van der Waals surface area contributed by atoms with E-state index in [1.54, 1.807) is 4.90 Å². The van der Waals surface area contributed by atoms with E-state index in [9.17, 15) is 22.8 Å². The second kappa shape index (κ2) is 10.1. The van der Waals surface area contributed by atoms with Gasteiger partial charge in [-0.25, -0.2) is 0 Å². The molecule has 0 atom stereocenters. The van der Waals surface area contributed by atoms with Crippen LogP contribution >= 0.6 is 23.2 Å². The van der Waals surface area contributed by atoms with Crippen LogP contribution in [0, 0.1) is 0 Å². The Balaban J connectivity index is 1.44. The molecule has 6 nitrogen and oxygen atoms in total. The summed E-state index contributed by atoms with van der Waals surface area (Å²) in [4.78, 5) is 28.1. The molecule has 0 bridgehead atoms. The van der Waals surface area contributed by atoms with Crippen LogP contribution in [-0.2, 0) is 13.1 Å². The lowest BCUT2D eigenvalue weighted by atomic mass is 10.1. The highest BCUT2D eigenvalue weighted by Gasteiger charge is 2.33. The van der Waals surface area contributed by atoms with E-state index < -0.39 is 23.9 Å². The molecule has 0 radical (unpaired) electrons. The first-order valence-corrected chi connectivity index (χ1v) is 12.1. The van der Waals surface area contributed by atoms with Crippen molar-refractivity contribution in [3.05, 3.63) is 111 Å². The number of halogens is 5. The van der Waals surface area contributed by atoms with Gasteiger partial charge < -0.3 is 19.5 Å². The van der Waals surface area contributed by atoms with Gasteiger partial charge in [-0.05, 0) is 48.0 Å². The number of alkyl halides is 3. The van der Waals surface area contributed by atoms with E-state index in [1.165, 1.54) is 30.3 Å². The predicted molar refractivity (Wildman–Crippen MR) is 138 cm³/mol. The minimum absolute atomic E-state index is 0.00615. The lowest BCUT2D eigenvalue weighted by Crippen LogP contribution is -2.31. The largest absolute Gasteiger partial charge is 0.573 e. The van der Waals surface area contributed by atoms with Gasteiger partial charge in [0.2, 0.25) is 0 Å². The van der Waals surface area contributed by atoms with Crippen LogP contribution in [0.4, 0.5) is 24.5 Å². The second-order valence-corrected chi connectivity index (χ2v) is 9.27. The summed E-state index contributed by atoms with van der Waals surface area (Å²) in [6.07, 6.45) is -3.04. The number of aromatic nitrogens is 1. The van der Waals surface area contributed by atoms with Gasteiger partial charge >= 0.3 is 6.36 Å². The number of fused-ring (bicyclic) bond motifs is 2. The number of carbonyl (C=O) groups is 2. The van der Waals surface area contributed by atoms with Gasteiger partial charge in [0.05, 0.1) is 33.4 Å². The number of rotatable bonds is 4. The Morgan fingerprint density at radius 1 is 0.868 bits per heavy atom. The average Bonchev–Trinajstić information content (AvgIpc) is 3.24. The number of anilines is 2. The lowest BCUT2D eigenvalue weighted by Gasteiger charge is -2.23. The summed E-state index contributed by atoms with van der Waals surface area (Å²) < 4.78 is 44.3. The molecule has 0 aliphatic carbocycles. The van der Waals surface area contributed by atoms with Crippen molar-refractivity contribution in [2.24, 2.45) is 0 Å². The minimum atomic E-state index is -4.98. The molecule has 1 aliphatic rings. The number of hydrogen-bond donors (Lipinski definition) is 1. The van der Waals surface area contributed by atoms with E-state index in [0.717, 1.165) is 23.0 Å². The Morgan fingerprint density at radius 2 is 1.61 bits per heavy atom. The highest BCUT2D eigenvalue weighted by Crippen LogP contribution is 2.35. The van der Waals surface area contributed by atoms with Crippen LogP contribution < -0.4 is 15.0 Å².